The Bertz CT molecular complexity index is 534. The summed E-state index contributed by atoms with van der Waals surface area (Å²) in [5.41, 5.74) is 1.12. The lowest BCUT2D eigenvalue weighted by Gasteiger charge is -2.08. The van der Waals surface area contributed by atoms with E-state index in [0.29, 0.717) is 22.2 Å². The molecule has 0 aliphatic heterocycles. The topological polar surface area (TPSA) is 35.0 Å². The predicted molar refractivity (Wildman–Crippen MR) is 62.5 cm³/mol. The van der Waals surface area contributed by atoms with Crippen LogP contribution in [0.1, 0.15) is 11.1 Å². The number of hydrogen-bond donors (Lipinski definition) is 0. The molecule has 0 fully saturated rings. The Balaban J connectivity index is 2.13. The van der Waals surface area contributed by atoms with Crippen molar-refractivity contribution in [1.29, 1.82) is 0 Å². The Morgan fingerprint density at radius 2 is 2.06 bits per heavy atom. The summed E-state index contributed by atoms with van der Waals surface area (Å²) in [6.07, 6.45) is 1.31. The molecule has 0 N–H and O–H groups in total. The molecule has 0 spiro atoms. The molecule has 0 atom stereocenters. The Labute approximate surface area is 103 Å². The van der Waals surface area contributed by atoms with Crippen LogP contribution in [0.25, 0.3) is 0 Å². The first-order valence-electron chi connectivity index (χ1n) is 5.02. The van der Waals surface area contributed by atoms with Gasteiger partial charge in [0.05, 0.1) is 0 Å². The zero-order chi connectivity index (χ0) is 12.3. The van der Waals surface area contributed by atoms with Crippen LogP contribution in [0.3, 0.4) is 0 Å². The van der Waals surface area contributed by atoms with Gasteiger partial charge in [-0.25, -0.2) is 14.4 Å². The molecule has 1 aromatic heterocycles. The maximum absolute atomic E-state index is 13.3. The molecule has 0 aliphatic carbocycles. The SMILES string of the molecule is Cc1c(Cl)ncnc1OCc1ccccc1F. The maximum atomic E-state index is 13.3. The fraction of sp³-hybridized carbons (Fsp3) is 0.167. The maximum Gasteiger partial charge on any atom is 0.221 e. The number of ether oxygens (including phenoxy) is 1. The predicted octanol–water partition coefficient (Wildman–Crippen LogP) is 3.16. The van der Waals surface area contributed by atoms with E-state index in [1.807, 2.05) is 0 Å². The third-order valence-corrected chi connectivity index (χ3v) is 2.68. The molecule has 3 nitrogen and oxygen atoms in total. The van der Waals surface area contributed by atoms with Crippen molar-refractivity contribution in [2.45, 2.75) is 13.5 Å². The van der Waals surface area contributed by atoms with Gasteiger partial charge in [0.15, 0.2) is 0 Å². The number of hydrogen-bond acceptors (Lipinski definition) is 3. The average molecular weight is 253 g/mol. The van der Waals surface area contributed by atoms with E-state index in [0.717, 1.165) is 0 Å². The summed E-state index contributed by atoms with van der Waals surface area (Å²) in [7, 11) is 0. The normalized spacial score (nSPS) is 10.3. The standard InChI is InChI=1S/C12H10ClFN2O/c1-8-11(13)15-7-16-12(8)17-6-9-4-2-3-5-10(9)14/h2-5,7H,6H2,1H3. The minimum atomic E-state index is -0.301. The highest BCUT2D eigenvalue weighted by Crippen LogP contribution is 2.21. The van der Waals surface area contributed by atoms with Gasteiger partial charge >= 0.3 is 0 Å². The van der Waals surface area contributed by atoms with Crippen LogP contribution in [-0.2, 0) is 6.61 Å². The molecular weight excluding hydrogens is 243 g/mol. The van der Waals surface area contributed by atoms with Crippen molar-refractivity contribution >= 4 is 11.6 Å². The van der Waals surface area contributed by atoms with Gasteiger partial charge in [-0.3, -0.25) is 0 Å². The van der Waals surface area contributed by atoms with Crippen LogP contribution in [0.2, 0.25) is 5.15 Å². The van der Waals surface area contributed by atoms with E-state index in [1.165, 1.54) is 12.4 Å². The van der Waals surface area contributed by atoms with Crippen molar-refractivity contribution in [2.75, 3.05) is 0 Å². The Morgan fingerprint density at radius 3 is 2.82 bits per heavy atom. The van der Waals surface area contributed by atoms with Gasteiger partial charge in [-0.05, 0) is 13.0 Å². The minimum absolute atomic E-state index is 0.112. The molecule has 0 unspecified atom stereocenters. The second kappa shape index (κ2) is 5.10. The highest BCUT2D eigenvalue weighted by atomic mass is 35.5. The fourth-order valence-corrected chi connectivity index (χ4v) is 1.45. The molecule has 2 aromatic rings. The van der Waals surface area contributed by atoms with Gasteiger partial charge in [0, 0.05) is 11.1 Å². The second-order valence-corrected chi connectivity index (χ2v) is 3.83. The summed E-state index contributed by atoms with van der Waals surface area (Å²) >= 11 is 5.82. The lowest BCUT2D eigenvalue weighted by atomic mass is 10.2. The van der Waals surface area contributed by atoms with E-state index >= 15 is 0 Å². The van der Waals surface area contributed by atoms with Gasteiger partial charge < -0.3 is 4.74 Å². The highest BCUT2D eigenvalue weighted by molar-refractivity contribution is 6.30. The first-order chi connectivity index (χ1) is 8.18. The number of aromatic nitrogens is 2. The van der Waals surface area contributed by atoms with E-state index in [1.54, 1.807) is 25.1 Å². The van der Waals surface area contributed by atoms with Crippen LogP contribution < -0.4 is 4.74 Å². The molecule has 0 aliphatic rings. The first kappa shape index (κ1) is 11.8. The Hall–Kier alpha value is -1.68. The van der Waals surface area contributed by atoms with Crippen molar-refractivity contribution in [3.05, 3.63) is 52.7 Å². The monoisotopic (exact) mass is 252 g/mol. The average Bonchev–Trinajstić information content (AvgIpc) is 2.33. The molecule has 0 bridgehead atoms. The van der Waals surface area contributed by atoms with Crippen LogP contribution in [0.5, 0.6) is 5.88 Å². The molecular formula is C12H10ClFN2O. The van der Waals surface area contributed by atoms with Crippen molar-refractivity contribution < 1.29 is 9.13 Å². The van der Waals surface area contributed by atoms with Gasteiger partial charge in [0.2, 0.25) is 5.88 Å². The summed E-state index contributed by atoms with van der Waals surface area (Å²) in [6, 6.07) is 6.43. The van der Waals surface area contributed by atoms with Crippen molar-refractivity contribution in [3.8, 4) is 5.88 Å². The van der Waals surface area contributed by atoms with Crippen molar-refractivity contribution in [2.24, 2.45) is 0 Å². The van der Waals surface area contributed by atoms with E-state index in [4.69, 9.17) is 16.3 Å². The highest BCUT2D eigenvalue weighted by Gasteiger charge is 2.07. The Morgan fingerprint density at radius 1 is 1.29 bits per heavy atom. The number of benzene rings is 1. The summed E-state index contributed by atoms with van der Waals surface area (Å²) in [5.74, 6) is 0.0681. The molecule has 0 saturated carbocycles. The lowest BCUT2D eigenvalue weighted by molar-refractivity contribution is 0.285. The number of rotatable bonds is 3. The van der Waals surface area contributed by atoms with Crippen LogP contribution in [0.4, 0.5) is 4.39 Å². The van der Waals surface area contributed by atoms with E-state index in [-0.39, 0.29) is 12.4 Å². The largest absolute Gasteiger partial charge is 0.472 e. The second-order valence-electron chi connectivity index (χ2n) is 3.47. The molecule has 88 valence electrons. The van der Waals surface area contributed by atoms with E-state index in [9.17, 15) is 4.39 Å². The molecule has 2 rings (SSSR count). The molecule has 17 heavy (non-hydrogen) atoms. The van der Waals surface area contributed by atoms with E-state index < -0.39 is 0 Å². The number of nitrogens with zero attached hydrogens (tertiary/aromatic N) is 2. The summed E-state index contributed by atoms with van der Waals surface area (Å²) in [6.45, 7) is 1.86. The van der Waals surface area contributed by atoms with Gasteiger partial charge in [0.25, 0.3) is 0 Å². The van der Waals surface area contributed by atoms with Crippen LogP contribution >= 0.6 is 11.6 Å². The zero-order valence-electron chi connectivity index (χ0n) is 9.15. The van der Waals surface area contributed by atoms with Crippen LogP contribution in [0.15, 0.2) is 30.6 Å². The van der Waals surface area contributed by atoms with Gasteiger partial charge in [0.1, 0.15) is 23.9 Å². The Kier molecular flexibility index (Phi) is 3.54. The lowest BCUT2D eigenvalue weighted by Crippen LogP contribution is -2.02. The third-order valence-electron chi connectivity index (χ3n) is 2.30. The molecule has 0 radical (unpaired) electrons. The van der Waals surface area contributed by atoms with Gasteiger partial charge in [-0.15, -0.1) is 0 Å². The summed E-state index contributed by atoms with van der Waals surface area (Å²) in [4.78, 5) is 7.76. The quantitative estimate of drug-likeness (QED) is 0.787. The summed E-state index contributed by atoms with van der Waals surface area (Å²) < 4.78 is 18.7. The van der Waals surface area contributed by atoms with Gasteiger partial charge in [-0.1, -0.05) is 29.8 Å². The fourth-order valence-electron chi connectivity index (χ4n) is 1.32. The molecule has 0 saturated heterocycles. The summed E-state index contributed by atoms with van der Waals surface area (Å²) in [5, 5.41) is 0.337. The minimum Gasteiger partial charge on any atom is -0.472 e. The first-order valence-corrected chi connectivity index (χ1v) is 5.39. The molecule has 1 aromatic carbocycles. The van der Waals surface area contributed by atoms with Crippen LogP contribution in [-0.4, -0.2) is 9.97 Å². The molecule has 1 heterocycles. The van der Waals surface area contributed by atoms with Gasteiger partial charge in [-0.2, -0.15) is 0 Å². The van der Waals surface area contributed by atoms with E-state index in [2.05, 4.69) is 9.97 Å². The third kappa shape index (κ3) is 2.71. The smallest absolute Gasteiger partial charge is 0.221 e. The molecule has 0 amide bonds. The number of halogens is 2. The van der Waals surface area contributed by atoms with Crippen LogP contribution in [0, 0.1) is 12.7 Å². The molecule has 5 heteroatoms. The van der Waals surface area contributed by atoms with Crippen molar-refractivity contribution in [1.82, 2.24) is 9.97 Å². The van der Waals surface area contributed by atoms with Crippen molar-refractivity contribution in [3.63, 3.8) is 0 Å². The zero-order valence-corrected chi connectivity index (χ0v) is 9.91.